The summed E-state index contributed by atoms with van der Waals surface area (Å²) in [5.74, 6) is -0.284. The number of carbonyl (C=O) groups is 1. The Bertz CT molecular complexity index is 555. The van der Waals surface area contributed by atoms with Crippen molar-refractivity contribution in [1.29, 1.82) is 0 Å². The van der Waals surface area contributed by atoms with Gasteiger partial charge >= 0.3 is 5.97 Å². The molecule has 0 saturated heterocycles. The van der Waals surface area contributed by atoms with Crippen LogP contribution in [0.2, 0.25) is 0 Å². The molecule has 1 aromatic carbocycles. The molecule has 0 radical (unpaired) electrons. The lowest BCUT2D eigenvalue weighted by molar-refractivity contribution is -0.148. The predicted molar refractivity (Wildman–Crippen MR) is 88.2 cm³/mol. The Morgan fingerprint density at radius 3 is 2.77 bits per heavy atom. The van der Waals surface area contributed by atoms with Crippen LogP contribution >= 0.6 is 0 Å². The van der Waals surface area contributed by atoms with Crippen LogP contribution in [0, 0.1) is 5.92 Å². The quantitative estimate of drug-likeness (QED) is 0.512. The van der Waals surface area contributed by atoms with Crippen molar-refractivity contribution in [2.45, 2.75) is 38.7 Å². The highest BCUT2D eigenvalue weighted by molar-refractivity contribution is 5.87. The van der Waals surface area contributed by atoms with Crippen molar-refractivity contribution in [3.8, 4) is 0 Å². The fourth-order valence-electron chi connectivity index (χ4n) is 2.64. The maximum atomic E-state index is 11.8. The zero-order valence-corrected chi connectivity index (χ0v) is 13.3. The van der Waals surface area contributed by atoms with Crippen LogP contribution in [0.25, 0.3) is 6.08 Å². The van der Waals surface area contributed by atoms with E-state index in [0.717, 1.165) is 24.8 Å². The minimum absolute atomic E-state index is 0.0303. The minimum atomic E-state index is -0.979. The van der Waals surface area contributed by atoms with Gasteiger partial charge in [0.05, 0.1) is 5.60 Å². The third kappa shape index (κ3) is 4.85. The van der Waals surface area contributed by atoms with Crippen LogP contribution in [0.15, 0.2) is 48.1 Å². The molecule has 1 aliphatic rings. The number of ether oxygens (including phenoxy) is 1. The third-order valence-electron chi connectivity index (χ3n) is 4.24. The van der Waals surface area contributed by atoms with Crippen molar-refractivity contribution in [2.75, 3.05) is 6.61 Å². The molecule has 0 fully saturated rings. The van der Waals surface area contributed by atoms with Crippen molar-refractivity contribution in [1.82, 2.24) is 0 Å². The summed E-state index contributed by atoms with van der Waals surface area (Å²) in [6.45, 7) is 3.89. The number of hydrogen-bond acceptors (Lipinski definition) is 3. The van der Waals surface area contributed by atoms with Gasteiger partial charge < -0.3 is 9.84 Å². The molecule has 1 aromatic rings. The number of benzene rings is 1. The van der Waals surface area contributed by atoms with E-state index in [9.17, 15) is 9.90 Å². The summed E-state index contributed by atoms with van der Waals surface area (Å²) in [7, 11) is 0. The van der Waals surface area contributed by atoms with E-state index < -0.39 is 11.6 Å². The molecule has 2 unspecified atom stereocenters. The first-order valence-corrected chi connectivity index (χ1v) is 7.75. The van der Waals surface area contributed by atoms with Crippen molar-refractivity contribution >= 4 is 12.0 Å². The molecule has 0 amide bonds. The van der Waals surface area contributed by atoms with Crippen molar-refractivity contribution < 1.29 is 14.6 Å². The summed E-state index contributed by atoms with van der Waals surface area (Å²) in [5, 5.41) is 10.5. The average molecular weight is 300 g/mol. The van der Waals surface area contributed by atoms with Crippen molar-refractivity contribution in [2.24, 2.45) is 5.92 Å². The highest BCUT2D eigenvalue weighted by Crippen LogP contribution is 2.32. The van der Waals surface area contributed by atoms with Crippen LogP contribution in [-0.4, -0.2) is 23.3 Å². The van der Waals surface area contributed by atoms with Crippen LogP contribution in [-0.2, 0) is 9.53 Å². The molecule has 2 atom stereocenters. The van der Waals surface area contributed by atoms with Crippen LogP contribution in [0.5, 0.6) is 0 Å². The van der Waals surface area contributed by atoms with Gasteiger partial charge in [-0.3, -0.25) is 0 Å². The van der Waals surface area contributed by atoms with E-state index in [0.29, 0.717) is 0 Å². The molecule has 2 rings (SSSR count). The van der Waals surface area contributed by atoms with E-state index in [1.165, 1.54) is 11.6 Å². The minimum Gasteiger partial charge on any atom is -0.459 e. The Kier molecular flexibility index (Phi) is 5.56. The molecule has 0 bridgehead atoms. The monoisotopic (exact) mass is 300 g/mol. The van der Waals surface area contributed by atoms with Gasteiger partial charge in [-0.1, -0.05) is 42.0 Å². The molecule has 0 aliphatic heterocycles. The van der Waals surface area contributed by atoms with Gasteiger partial charge in [0, 0.05) is 6.08 Å². The Morgan fingerprint density at radius 2 is 2.14 bits per heavy atom. The Hall–Kier alpha value is -1.87. The number of hydrogen-bond donors (Lipinski definition) is 1. The molecule has 1 N–H and O–H groups in total. The lowest BCUT2D eigenvalue weighted by Gasteiger charge is -2.34. The normalized spacial score (nSPS) is 21.2. The van der Waals surface area contributed by atoms with E-state index in [1.54, 1.807) is 13.0 Å². The topological polar surface area (TPSA) is 46.5 Å². The van der Waals surface area contributed by atoms with Crippen LogP contribution in [0.3, 0.4) is 0 Å². The standard InChI is InChI=1S/C19H24O3/c1-15-8-11-17(12-9-15)19(2,21)14-22-18(20)13-10-16-6-4-3-5-7-16/h3-8,10,13,17,21H,9,11-12,14H2,1-2H3. The van der Waals surface area contributed by atoms with Crippen molar-refractivity contribution in [3.05, 3.63) is 53.6 Å². The number of allylic oxidation sites excluding steroid dienone is 2. The molecule has 3 nitrogen and oxygen atoms in total. The van der Waals surface area contributed by atoms with Crippen LogP contribution in [0.1, 0.15) is 38.7 Å². The largest absolute Gasteiger partial charge is 0.459 e. The van der Waals surface area contributed by atoms with Gasteiger partial charge in [-0.25, -0.2) is 4.79 Å². The number of carbonyl (C=O) groups excluding carboxylic acids is 1. The van der Waals surface area contributed by atoms with Gasteiger partial charge in [-0.15, -0.1) is 0 Å². The van der Waals surface area contributed by atoms with E-state index >= 15 is 0 Å². The summed E-state index contributed by atoms with van der Waals surface area (Å²) in [6.07, 6.45) is 8.06. The van der Waals surface area contributed by atoms with Crippen molar-refractivity contribution in [3.63, 3.8) is 0 Å². The Morgan fingerprint density at radius 1 is 1.41 bits per heavy atom. The van der Waals surface area contributed by atoms with E-state index in [-0.39, 0.29) is 12.5 Å². The lowest BCUT2D eigenvalue weighted by atomic mass is 9.79. The molecular weight excluding hydrogens is 276 g/mol. The lowest BCUT2D eigenvalue weighted by Crippen LogP contribution is -2.40. The molecule has 0 aromatic heterocycles. The smallest absolute Gasteiger partial charge is 0.330 e. The number of esters is 1. The van der Waals surface area contributed by atoms with Crippen LogP contribution in [0.4, 0.5) is 0 Å². The van der Waals surface area contributed by atoms with Gasteiger partial charge in [0.2, 0.25) is 0 Å². The molecular formula is C19H24O3. The molecule has 0 saturated carbocycles. The summed E-state index contributed by atoms with van der Waals surface area (Å²) in [5.41, 5.74) is 1.34. The molecule has 118 valence electrons. The third-order valence-corrected chi connectivity index (χ3v) is 4.24. The maximum absolute atomic E-state index is 11.8. The van der Waals surface area contributed by atoms with Gasteiger partial charge in [0.15, 0.2) is 0 Å². The molecule has 3 heteroatoms. The number of aliphatic hydroxyl groups is 1. The molecule has 22 heavy (non-hydrogen) atoms. The Labute approximate surface area is 132 Å². The van der Waals surface area contributed by atoms with E-state index in [4.69, 9.17) is 4.74 Å². The fourth-order valence-corrected chi connectivity index (χ4v) is 2.64. The zero-order valence-electron chi connectivity index (χ0n) is 13.3. The highest BCUT2D eigenvalue weighted by atomic mass is 16.5. The van der Waals surface area contributed by atoms with Gasteiger partial charge in [0.1, 0.15) is 6.61 Å². The first-order chi connectivity index (χ1) is 10.5. The fraction of sp³-hybridized carbons (Fsp3) is 0.421. The second-order valence-corrected chi connectivity index (χ2v) is 6.23. The van der Waals surface area contributed by atoms with Gasteiger partial charge in [-0.05, 0) is 50.7 Å². The second-order valence-electron chi connectivity index (χ2n) is 6.23. The molecule has 0 spiro atoms. The molecule has 1 aliphatic carbocycles. The second kappa shape index (κ2) is 7.41. The first kappa shape index (κ1) is 16.5. The number of rotatable bonds is 5. The van der Waals surface area contributed by atoms with E-state index in [2.05, 4.69) is 13.0 Å². The summed E-state index contributed by atoms with van der Waals surface area (Å²) in [6, 6.07) is 9.57. The summed E-state index contributed by atoms with van der Waals surface area (Å²) < 4.78 is 5.21. The summed E-state index contributed by atoms with van der Waals surface area (Å²) >= 11 is 0. The van der Waals surface area contributed by atoms with E-state index in [1.807, 2.05) is 30.3 Å². The highest BCUT2D eigenvalue weighted by Gasteiger charge is 2.33. The maximum Gasteiger partial charge on any atom is 0.330 e. The average Bonchev–Trinajstić information content (AvgIpc) is 2.52. The first-order valence-electron chi connectivity index (χ1n) is 7.75. The Balaban J connectivity index is 1.83. The predicted octanol–water partition coefficient (Wildman–Crippen LogP) is 3.74. The zero-order chi connectivity index (χ0) is 16.0. The van der Waals surface area contributed by atoms with Gasteiger partial charge in [0.25, 0.3) is 0 Å². The van der Waals surface area contributed by atoms with Crippen LogP contribution < -0.4 is 0 Å². The van der Waals surface area contributed by atoms with Gasteiger partial charge in [-0.2, -0.15) is 0 Å². The summed E-state index contributed by atoms with van der Waals surface area (Å²) in [4.78, 5) is 11.8. The SMILES string of the molecule is CC1=CCC(C(C)(O)COC(=O)C=Cc2ccccc2)CC1. The molecule has 0 heterocycles.